The van der Waals surface area contributed by atoms with Crippen LogP contribution >= 0.6 is 0 Å². The Morgan fingerprint density at radius 1 is 1.27 bits per heavy atom. The molecule has 0 amide bonds. The molecule has 22 heavy (non-hydrogen) atoms. The lowest BCUT2D eigenvalue weighted by atomic mass is 10.1. The molecule has 118 valence electrons. The van der Waals surface area contributed by atoms with E-state index in [9.17, 15) is 4.79 Å². The summed E-state index contributed by atoms with van der Waals surface area (Å²) in [5, 5.41) is 3.92. The number of nitrogens with zero attached hydrogens (tertiary/aromatic N) is 2. The number of esters is 1. The lowest BCUT2D eigenvalue weighted by molar-refractivity contribution is -0.156. The van der Waals surface area contributed by atoms with E-state index in [2.05, 4.69) is 10.1 Å². The summed E-state index contributed by atoms with van der Waals surface area (Å²) in [4.78, 5) is 16.3. The fourth-order valence-corrected chi connectivity index (χ4v) is 1.84. The summed E-state index contributed by atoms with van der Waals surface area (Å²) in [7, 11) is 1.57. The second kappa shape index (κ2) is 6.17. The Morgan fingerprint density at radius 3 is 2.59 bits per heavy atom. The molecule has 2 rings (SSSR count). The van der Waals surface area contributed by atoms with Crippen LogP contribution < -0.4 is 4.74 Å². The number of carbonyl (C=O) groups is 1. The van der Waals surface area contributed by atoms with Crippen molar-refractivity contribution in [1.29, 1.82) is 0 Å². The van der Waals surface area contributed by atoms with Crippen LogP contribution in [0.25, 0.3) is 11.4 Å². The van der Waals surface area contributed by atoms with E-state index in [4.69, 9.17) is 14.0 Å². The highest BCUT2D eigenvalue weighted by Crippen LogP contribution is 2.28. The van der Waals surface area contributed by atoms with Gasteiger partial charge in [-0.3, -0.25) is 4.79 Å². The molecule has 6 heteroatoms. The summed E-state index contributed by atoms with van der Waals surface area (Å²) < 4.78 is 15.8. The van der Waals surface area contributed by atoms with Gasteiger partial charge in [-0.1, -0.05) is 17.3 Å². The number of aromatic nitrogens is 2. The van der Waals surface area contributed by atoms with E-state index < -0.39 is 17.5 Å². The second-order valence-corrected chi connectivity index (χ2v) is 5.91. The average Bonchev–Trinajstić information content (AvgIpc) is 2.94. The van der Waals surface area contributed by atoms with Crippen molar-refractivity contribution in [3.63, 3.8) is 0 Å². The first kappa shape index (κ1) is 16.0. The fourth-order valence-electron chi connectivity index (χ4n) is 1.84. The SMILES string of the molecule is COc1ccccc1-c1noc(C(C)C(=O)OC(C)(C)C)n1. The van der Waals surface area contributed by atoms with Crippen LogP contribution in [0.15, 0.2) is 28.8 Å². The van der Waals surface area contributed by atoms with E-state index in [0.717, 1.165) is 0 Å². The molecule has 0 aliphatic rings. The molecule has 1 aromatic carbocycles. The minimum absolute atomic E-state index is 0.218. The molecule has 0 fully saturated rings. The number of methoxy groups -OCH3 is 1. The first-order valence-corrected chi connectivity index (χ1v) is 7.01. The molecule has 0 saturated carbocycles. The second-order valence-electron chi connectivity index (χ2n) is 5.91. The van der Waals surface area contributed by atoms with E-state index in [-0.39, 0.29) is 5.89 Å². The molecule has 1 unspecified atom stereocenters. The third-order valence-electron chi connectivity index (χ3n) is 2.92. The third-order valence-corrected chi connectivity index (χ3v) is 2.92. The lowest BCUT2D eigenvalue weighted by Crippen LogP contribution is -2.26. The smallest absolute Gasteiger partial charge is 0.318 e. The van der Waals surface area contributed by atoms with Crippen molar-refractivity contribution >= 4 is 5.97 Å². The average molecular weight is 304 g/mol. The van der Waals surface area contributed by atoms with Crippen molar-refractivity contribution in [3.05, 3.63) is 30.2 Å². The predicted molar refractivity (Wildman–Crippen MR) is 80.5 cm³/mol. The van der Waals surface area contributed by atoms with Gasteiger partial charge in [0, 0.05) is 0 Å². The number of ether oxygens (including phenoxy) is 2. The van der Waals surface area contributed by atoms with Crippen molar-refractivity contribution in [2.24, 2.45) is 0 Å². The molecule has 6 nitrogen and oxygen atoms in total. The van der Waals surface area contributed by atoms with Crippen LogP contribution in [0.5, 0.6) is 5.75 Å². The number of carbonyl (C=O) groups excluding carboxylic acids is 1. The zero-order valence-corrected chi connectivity index (χ0v) is 13.4. The van der Waals surface area contributed by atoms with Gasteiger partial charge in [0.2, 0.25) is 11.7 Å². The normalized spacial score (nSPS) is 12.8. The quantitative estimate of drug-likeness (QED) is 0.808. The van der Waals surface area contributed by atoms with Crippen LogP contribution in [0.4, 0.5) is 0 Å². The Balaban J connectivity index is 2.23. The molecule has 0 spiro atoms. The van der Waals surface area contributed by atoms with Gasteiger partial charge in [-0.2, -0.15) is 4.98 Å². The van der Waals surface area contributed by atoms with E-state index in [1.165, 1.54) is 0 Å². The van der Waals surface area contributed by atoms with Gasteiger partial charge in [0.25, 0.3) is 0 Å². The summed E-state index contributed by atoms with van der Waals surface area (Å²) in [6, 6.07) is 7.34. The number of rotatable bonds is 4. The van der Waals surface area contributed by atoms with Gasteiger partial charge < -0.3 is 14.0 Å². The first-order chi connectivity index (χ1) is 10.3. The van der Waals surface area contributed by atoms with Crippen molar-refractivity contribution in [2.45, 2.75) is 39.2 Å². The van der Waals surface area contributed by atoms with Gasteiger partial charge in [-0.25, -0.2) is 0 Å². The van der Waals surface area contributed by atoms with Gasteiger partial charge >= 0.3 is 5.97 Å². The van der Waals surface area contributed by atoms with Gasteiger partial charge in [0.05, 0.1) is 12.7 Å². The molecule has 1 heterocycles. The molecule has 2 aromatic rings. The Kier molecular flexibility index (Phi) is 4.49. The zero-order valence-electron chi connectivity index (χ0n) is 13.4. The van der Waals surface area contributed by atoms with Crippen LogP contribution in [0, 0.1) is 0 Å². The number of hydrogen-bond acceptors (Lipinski definition) is 6. The molecule has 0 bridgehead atoms. The molecule has 0 aliphatic carbocycles. The molecular formula is C16H20N2O4. The van der Waals surface area contributed by atoms with Gasteiger partial charge in [0.15, 0.2) is 0 Å². The largest absolute Gasteiger partial charge is 0.496 e. The Labute approximate surface area is 129 Å². The van der Waals surface area contributed by atoms with Crippen LogP contribution in [-0.4, -0.2) is 28.8 Å². The first-order valence-electron chi connectivity index (χ1n) is 7.01. The van der Waals surface area contributed by atoms with E-state index in [1.807, 2.05) is 45.0 Å². The minimum Gasteiger partial charge on any atom is -0.496 e. The van der Waals surface area contributed by atoms with Gasteiger partial charge in [-0.05, 0) is 39.8 Å². The van der Waals surface area contributed by atoms with Crippen molar-refractivity contribution in [1.82, 2.24) is 10.1 Å². The van der Waals surface area contributed by atoms with Crippen molar-refractivity contribution in [2.75, 3.05) is 7.11 Å². The number of hydrogen-bond donors (Lipinski definition) is 0. The summed E-state index contributed by atoms with van der Waals surface area (Å²) >= 11 is 0. The lowest BCUT2D eigenvalue weighted by Gasteiger charge is -2.20. The van der Waals surface area contributed by atoms with Gasteiger partial charge in [0.1, 0.15) is 17.3 Å². The minimum atomic E-state index is -0.629. The summed E-state index contributed by atoms with van der Waals surface area (Å²) in [5.41, 5.74) is 0.146. The van der Waals surface area contributed by atoms with Crippen LogP contribution in [-0.2, 0) is 9.53 Å². The summed E-state index contributed by atoms with van der Waals surface area (Å²) in [6.45, 7) is 7.11. The maximum atomic E-state index is 12.1. The Morgan fingerprint density at radius 2 is 1.95 bits per heavy atom. The Bertz CT molecular complexity index is 658. The highest BCUT2D eigenvalue weighted by atomic mass is 16.6. The van der Waals surface area contributed by atoms with E-state index >= 15 is 0 Å². The van der Waals surface area contributed by atoms with Crippen molar-refractivity contribution in [3.8, 4) is 17.1 Å². The molecule has 0 radical (unpaired) electrons. The van der Waals surface area contributed by atoms with Crippen LogP contribution in [0.1, 0.15) is 39.5 Å². The Hall–Kier alpha value is -2.37. The predicted octanol–water partition coefficient (Wildman–Crippen LogP) is 3.19. The number of para-hydroxylation sites is 1. The maximum Gasteiger partial charge on any atom is 0.318 e. The molecule has 1 aromatic heterocycles. The third kappa shape index (κ3) is 3.63. The maximum absolute atomic E-state index is 12.1. The summed E-state index contributed by atoms with van der Waals surface area (Å²) in [5.74, 6) is 0.204. The molecular weight excluding hydrogens is 284 g/mol. The van der Waals surface area contributed by atoms with Crippen LogP contribution in [0.3, 0.4) is 0 Å². The molecule has 1 atom stereocenters. The highest BCUT2D eigenvalue weighted by Gasteiger charge is 2.27. The van der Waals surface area contributed by atoms with Crippen LogP contribution in [0.2, 0.25) is 0 Å². The summed E-state index contributed by atoms with van der Waals surface area (Å²) in [6.07, 6.45) is 0. The van der Waals surface area contributed by atoms with Gasteiger partial charge in [-0.15, -0.1) is 0 Å². The fraction of sp³-hybridized carbons (Fsp3) is 0.438. The molecule has 0 saturated heterocycles. The molecule has 0 N–H and O–H groups in total. The highest BCUT2D eigenvalue weighted by molar-refractivity contribution is 5.77. The standard InChI is InChI=1S/C16H20N2O4/c1-10(15(19)21-16(2,3)4)14-17-13(18-22-14)11-8-6-7-9-12(11)20-5/h6-10H,1-5H3. The monoisotopic (exact) mass is 304 g/mol. The van der Waals surface area contributed by atoms with E-state index in [0.29, 0.717) is 17.1 Å². The van der Waals surface area contributed by atoms with Crippen molar-refractivity contribution < 1.29 is 18.8 Å². The van der Waals surface area contributed by atoms with E-state index in [1.54, 1.807) is 14.0 Å². The zero-order chi connectivity index (χ0) is 16.3. The topological polar surface area (TPSA) is 74.5 Å². The number of benzene rings is 1. The molecule has 0 aliphatic heterocycles.